The van der Waals surface area contributed by atoms with Crippen molar-refractivity contribution in [2.45, 2.75) is 52.9 Å². The van der Waals surface area contributed by atoms with Crippen LogP contribution in [0.4, 0.5) is 18.0 Å². The lowest BCUT2D eigenvalue weighted by molar-refractivity contribution is -0.274. The van der Waals surface area contributed by atoms with Gasteiger partial charge >= 0.3 is 12.4 Å². The van der Waals surface area contributed by atoms with Crippen molar-refractivity contribution in [1.29, 1.82) is 0 Å². The van der Waals surface area contributed by atoms with Gasteiger partial charge in [0.15, 0.2) is 10.6 Å². The lowest BCUT2D eigenvalue weighted by Gasteiger charge is -2.18. The molecule has 44 heavy (non-hydrogen) atoms. The van der Waals surface area contributed by atoms with Gasteiger partial charge in [0, 0.05) is 16.6 Å². The summed E-state index contributed by atoms with van der Waals surface area (Å²) in [4.78, 5) is 22.4. The number of urea groups is 1. The Hall–Kier alpha value is -4.71. The first-order valence-electron chi connectivity index (χ1n) is 13.9. The van der Waals surface area contributed by atoms with Gasteiger partial charge in [-0.1, -0.05) is 50.2 Å². The fourth-order valence-electron chi connectivity index (χ4n) is 5.00. The number of halogens is 3. The average Bonchev–Trinajstić information content (AvgIpc) is 3.59. The van der Waals surface area contributed by atoms with Gasteiger partial charge < -0.3 is 10.1 Å². The van der Waals surface area contributed by atoms with Crippen molar-refractivity contribution in [2.75, 3.05) is 0 Å². The van der Waals surface area contributed by atoms with Crippen molar-refractivity contribution < 1.29 is 22.7 Å². The van der Waals surface area contributed by atoms with E-state index in [2.05, 4.69) is 58.0 Å². The second kappa shape index (κ2) is 12.5. The maximum atomic E-state index is 13.0. The van der Waals surface area contributed by atoms with Crippen LogP contribution in [0, 0.1) is 13.8 Å². The highest BCUT2D eigenvalue weighted by atomic mass is 32.1. The lowest BCUT2D eigenvalue weighted by atomic mass is 9.96. The molecule has 0 saturated carbocycles. The molecule has 0 radical (unpaired) electrons. The fourth-order valence-corrected chi connectivity index (χ4v) is 5.87. The third-order valence-corrected chi connectivity index (χ3v) is 7.97. The number of ether oxygens (including phenoxy) is 1. The molecule has 0 spiro atoms. The van der Waals surface area contributed by atoms with Crippen LogP contribution >= 0.6 is 11.3 Å². The number of benzene rings is 3. The summed E-state index contributed by atoms with van der Waals surface area (Å²) in [5, 5.41) is 9.39. The largest absolute Gasteiger partial charge is 0.573 e. The van der Waals surface area contributed by atoms with Crippen molar-refractivity contribution in [3.05, 3.63) is 106 Å². The Bertz CT molecular complexity index is 1840. The van der Waals surface area contributed by atoms with E-state index in [1.165, 1.54) is 57.7 Å². The van der Waals surface area contributed by atoms with Crippen LogP contribution < -0.4 is 14.9 Å². The molecule has 5 rings (SSSR count). The molecule has 1 unspecified atom stereocenters. The van der Waals surface area contributed by atoms with Crippen LogP contribution in [-0.2, 0) is 0 Å². The molecule has 0 fully saturated rings. The molecular formula is C32H31F3N6O2S. The van der Waals surface area contributed by atoms with Gasteiger partial charge in [0.2, 0.25) is 0 Å². The summed E-state index contributed by atoms with van der Waals surface area (Å²) in [6.07, 6.45) is -3.28. The van der Waals surface area contributed by atoms with Crippen LogP contribution in [0.15, 0.2) is 83.4 Å². The number of rotatable bonds is 7. The summed E-state index contributed by atoms with van der Waals surface area (Å²) < 4.78 is 44.7. The van der Waals surface area contributed by atoms with E-state index in [-0.39, 0.29) is 11.8 Å². The number of hydrogen-bond acceptors (Lipinski definition) is 5. The number of nitrogens with zero attached hydrogens (tertiary/aromatic N) is 5. The highest BCUT2D eigenvalue weighted by Gasteiger charge is 2.31. The van der Waals surface area contributed by atoms with Gasteiger partial charge in [-0.3, -0.25) is 4.57 Å². The van der Waals surface area contributed by atoms with E-state index in [1.807, 2.05) is 54.1 Å². The normalized spacial score (nSPS) is 12.9. The first kappa shape index (κ1) is 30.7. The SMILES string of the molecule is Cc1cccc(-n2c(C)csc2=NC(=O)NC(C)c2ccc(-c3ncn(-c4ccc(OC(F)(F)F)cc4)n3)cc2)c1C(C)C. The van der Waals surface area contributed by atoms with E-state index in [9.17, 15) is 18.0 Å². The Morgan fingerprint density at radius 1 is 1.00 bits per heavy atom. The van der Waals surface area contributed by atoms with Gasteiger partial charge in [-0.25, -0.2) is 14.5 Å². The molecule has 2 aromatic heterocycles. The van der Waals surface area contributed by atoms with Crippen molar-refractivity contribution in [3.63, 3.8) is 0 Å². The second-order valence-electron chi connectivity index (χ2n) is 10.6. The van der Waals surface area contributed by atoms with Crippen molar-refractivity contribution in [3.8, 4) is 28.5 Å². The summed E-state index contributed by atoms with van der Waals surface area (Å²) in [5.74, 6) is 0.427. The van der Waals surface area contributed by atoms with Gasteiger partial charge in [0.1, 0.15) is 12.1 Å². The van der Waals surface area contributed by atoms with E-state index in [0.29, 0.717) is 22.2 Å². The van der Waals surface area contributed by atoms with Crippen molar-refractivity contribution in [2.24, 2.45) is 4.99 Å². The van der Waals surface area contributed by atoms with Crippen LogP contribution in [0.3, 0.4) is 0 Å². The molecule has 12 heteroatoms. The molecular weight excluding hydrogens is 589 g/mol. The van der Waals surface area contributed by atoms with Crippen LogP contribution in [0.2, 0.25) is 0 Å². The number of hydrogen-bond donors (Lipinski definition) is 1. The third kappa shape index (κ3) is 6.91. The van der Waals surface area contributed by atoms with Gasteiger partial charge in [0.25, 0.3) is 0 Å². The number of aromatic nitrogens is 4. The van der Waals surface area contributed by atoms with Crippen LogP contribution in [0.1, 0.15) is 55.1 Å². The molecule has 3 aromatic carbocycles. The Morgan fingerprint density at radius 3 is 2.36 bits per heavy atom. The minimum Gasteiger partial charge on any atom is -0.406 e. The monoisotopic (exact) mass is 620 g/mol. The molecule has 2 heterocycles. The highest BCUT2D eigenvalue weighted by molar-refractivity contribution is 7.07. The number of aryl methyl sites for hydroxylation is 2. The quantitative estimate of drug-likeness (QED) is 0.201. The minimum absolute atomic E-state index is 0.305. The first-order chi connectivity index (χ1) is 20.9. The van der Waals surface area contributed by atoms with Crippen molar-refractivity contribution in [1.82, 2.24) is 24.6 Å². The lowest BCUT2D eigenvalue weighted by Crippen LogP contribution is -2.27. The van der Waals surface area contributed by atoms with Gasteiger partial charge in [-0.05, 0) is 73.7 Å². The summed E-state index contributed by atoms with van der Waals surface area (Å²) in [6.45, 7) is 10.3. The van der Waals surface area contributed by atoms with Gasteiger partial charge in [-0.2, -0.15) is 4.99 Å². The number of nitrogens with one attached hydrogen (secondary N) is 1. The first-order valence-corrected chi connectivity index (χ1v) is 14.8. The molecule has 0 saturated heterocycles. The molecule has 2 amide bonds. The summed E-state index contributed by atoms with van der Waals surface area (Å²) in [7, 11) is 0. The van der Waals surface area contributed by atoms with Crippen LogP contribution in [0.25, 0.3) is 22.8 Å². The summed E-state index contributed by atoms with van der Waals surface area (Å²) >= 11 is 1.42. The molecule has 8 nitrogen and oxygen atoms in total. The van der Waals surface area contributed by atoms with E-state index < -0.39 is 12.4 Å². The Morgan fingerprint density at radius 2 is 1.70 bits per heavy atom. The second-order valence-corrected chi connectivity index (χ2v) is 11.5. The van der Waals surface area contributed by atoms with Crippen LogP contribution in [-0.4, -0.2) is 31.7 Å². The van der Waals surface area contributed by atoms with Crippen LogP contribution in [0.5, 0.6) is 5.75 Å². The number of carbonyl (C=O) groups excluding carboxylic acids is 1. The molecule has 0 aliphatic heterocycles. The topological polar surface area (TPSA) is 86.3 Å². The number of carbonyl (C=O) groups is 1. The molecule has 5 aromatic rings. The Labute approximate surface area is 256 Å². The number of alkyl halides is 3. The molecule has 228 valence electrons. The van der Waals surface area contributed by atoms with E-state index in [1.54, 1.807) is 0 Å². The number of thiazole rings is 1. The standard InChI is InChI=1S/C32H31F3N6O2S/c1-19(2)28-20(3)7-6-8-27(28)41-21(4)17-44-31(41)38-30(42)37-22(5)23-9-11-24(12-10-23)29-36-18-40(39-29)25-13-15-26(16-14-25)43-32(33,34)35/h6-19,22H,1-5H3,(H,37,42). The zero-order chi connectivity index (χ0) is 31.6. The van der Waals surface area contributed by atoms with E-state index in [4.69, 9.17) is 0 Å². The number of amides is 2. The maximum absolute atomic E-state index is 13.0. The van der Waals surface area contributed by atoms with Crippen molar-refractivity contribution >= 4 is 17.4 Å². The Kier molecular flexibility index (Phi) is 8.73. The summed E-state index contributed by atoms with van der Waals surface area (Å²) in [6, 6.07) is 18.2. The molecule has 1 atom stereocenters. The molecule has 1 N–H and O–H groups in total. The molecule has 0 bridgehead atoms. The van der Waals surface area contributed by atoms with Gasteiger partial charge in [0.05, 0.1) is 17.4 Å². The zero-order valence-electron chi connectivity index (χ0n) is 24.8. The fraction of sp³-hybridized carbons (Fsp3) is 0.250. The average molecular weight is 621 g/mol. The predicted octanol–water partition coefficient (Wildman–Crippen LogP) is 7.80. The zero-order valence-corrected chi connectivity index (χ0v) is 25.6. The molecule has 0 aliphatic rings. The minimum atomic E-state index is -4.76. The predicted molar refractivity (Wildman–Crippen MR) is 163 cm³/mol. The third-order valence-electron chi connectivity index (χ3n) is 7.03. The summed E-state index contributed by atoms with van der Waals surface area (Å²) in [5.41, 5.74) is 6.57. The Balaban J connectivity index is 1.29. The highest BCUT2D eigenvalue weighted by Crippen LogP contribution is 2.28. The van der Waals surface area contributed by atoms with Gasteiger partial charge in [-0.15, -0.1) is 29.6 Å². The smallest absolute Gasteiger partial charge is 0.406 e. The van der Waals surface area contributed by atoms with E-state index in [0.717, 1.165) is 22.5 Å². The molecule has 0 aliphatic carbocycles. The maximum Gasteiger partial charge on any atom is 0.573 e. The van der Waals surface area contributed by atoms with E-state index >= 15 is 0 Å².